The van der Waals surface area contributed by atoms with E-state index in [-0.39, 0.29) is 5.91 Å². The number of hydrogen-bond acceptors (Lipinski definition) is 5. The van der Waals surface area contributed by atoms with E-state index in [0.29, 0.717) is 21.1 Å². The Kier molecular flexibility index (Phi) is 4.40. The van der Waals surface area contributed by atoms with Gasteiger partial charge in [-0.05, 0) is 59.8 Å². The fraction of sp³-hybridized carbons (Fsp3) is 0.0556. The van der Waals surface area contributed by atoms with Crippen LogP contribution in [0.15, 0.2) is 64.2 Å². The van der Waals surface area contributed by atoms with Crippen molar-refractivity contribution in [3.63, 3.8) is 0 Å². The summed E-state index contributed by atoms with van der Waals surface area (Å²) in [5, 5.41) is 3.19. The lowest BCUT2D eigenvalue weighted by Crippen LogP contribution is -2.38. The van der Waals surface area contributed by atoms with Gasteiger partial charge in [-0.15, -0.1) is 0 Å². The molecule has 1 N–H and O–H groups in total. The first-order valence-corrected chi connectivity index (χ1v) is 8.89. The predicted molar refractivity (Wildman–Crippen MR) is 105 cm³/mol. The summed E-state index contributed by atoms with van der Waals surface area (Å²) in [6.45, 7) is 0. The van der Waals surface area contributed by atoms with Gasteiger partial charge in [0.1, 0.15) is 11.4 Å². The van der Waals surface area contributed by atoms with Crippen molar-refractivity contribution < 1.29 is 9.53 Å². The Hall–Kier alpha value is -2.77. The van der Waals surface area contributed by atoms with Gasteiger partial charge in [-0.3, -0.25) is 10.2 Å². The number of aliphatic imine (C=N–C) groups is 2. The lowest BCUT2D eigenvalue weighted by Gasteiger charge is -2.08. The minimum absolute atomic E-state index is 0.218. The van der Waals surface area contributed by atoms with Gasteiger partial charge in [0.2, 0.25) is 0 Å². The van der Waals surface area contributed by atoms with Crippen molar-refractivity contribution in [2.75, 3.05) is 7.11 Å². The quantitative estimate of drug-likeness (QED) is 0.817. The number of nitrogens with one attached hydrogen (secondary N) is 1. The molecule has 130 valence electrons. The Labute approximate surface area is 159 Å². The number of methoxy groups -OCH3 is 1. The van der Waals surface area contributed by atoms with E-state index in [9.17, 15) is 4.79 Å². The molecule has 2 aliphatic rings. The fourth-order valence-corrected chi connectivity index (χ4v) is 3.36. The molecule has 1 fully saturated rings. The van der Waals surface area contributed by atoms with Crippen molar-refractivity contribution in [3.8, 4) is 5.75 Å². The highest BCUT2D eigenvalue weighted by Crippen LogP contribution is 2.29. The monoisotopic (exact) mass is 384 g/mol. The van der Waals surface area contributed by atoms with Crippen LogP contribution in [0, 0.1) is 0 Å². The molecule has 2 aromatic carbocycles. The van der Waals surface area contributed by atoms with Crippen LogP contribution >= 0.6 is 23.4 Å². The number of amidine groups is 2. The van der Waals surface area contributed by atoms with Crippen molar-refractivity contribution in [1.82, 2.24) is 10.4 Å². The lowest BCUT2D eigenvalue weighted by molar-refractivity contribution is -0.123. The standard InChI is InChI=1S/C18H13ClN4O2S/c1-25-14-8-2-11(3-9-14)10-15-16(24)23-18(21-15)26-17(22-23)20-13-6-4-12(19)5-7-13/h2-10H,1H3,(H,20,22)/b15-10-. The lowest BCUT2D eigenvalue weighted by atomic mass is 10.2. The molecule has 4 rings (SSSR count). The number of hydrazine groups is 1. The average molecular weight is 385 g/mol. The van der Waals surface area contributed by atoms with Crippen LogP contribution in [-0.4, -0.2) is 28.4 Å². The van der Waals surface area contributed by atoms with Gasteiger partial charge in [-0.25, -0.2) is 9.98 Å². The Bertz CT molecular complexity index is 952. The minimum Gasteiger partial charge on any atom is -0.497 e. The number of benzene rings is 2. The maximum atomic E-state index is 12.5. The van der Waals surface area contributed by atoms with E-state index in [1.807, 2.05) is 24.3 Å². The predicted octanol–water partition coefficient (Wildman–Crippen LogP) is 3.83. The van der Waals surface area contributed by atoms with Crippen molar-refractivity contribution in [2.45, 2.75) is 0 Å². The van der Waals surface area contributed by atoms with Crippen LogP contribution in [0.25, 0.3) is 6.08 Å². The number of rotatable bonds is 3. The van der Waals surface area contributed by atoms with Crippen molar-refractivity contribution in [3.05, 3.63) is 64.8 Å². The number of hydrogen-bond donors (Lipinski definition) is 1. The zero-order valence-electron chi connectivity index (χ0n) is 13.6. The first kappa shape index (κ1) is 16.7. The Morgan fingerprint density at radius 2 is 1.92 bits per heavy atom. The van der Waals surface area contributed by atoms with Gasteiger partial charge in [0.05, 0.1) is 12.8 Å². The molecule has 0 aliphatic carbocycles. The van der Waals surface area contributed by atoms with E-state index < -0.39 is 0 Å². The molecule has 2 aromatic rings. The molecule has 0 bridgehead atoms. The van der Waals surface area contributed by atoms with E-state index in [4.69, 9.17) is 16.3 Å². The van der Waals surface area contributed by atoms with E-state index in [1.165, 1.54) is 16.8 Å². The third-order valence-electron chi connectivity index (χ3n) is 3.70. The van der Waals surface area contributed by atoms with Crippen LogP contribution in [0.4, 0.5) is 5.69 Å². The van der Waals surface area contributed by atoms with Crippen LogP contribution in [0.5, 0.6) is 5.75 Å². The second kappa shape index (κ2) is 6.86. The summed E-state index contributed by atoms with van der Waals surface area (Å²) in [7, 11) is 1.61. The maximum absolute atomic E-state index is 12.5. The smallest absolute Gasteiger partial charge is 0.297 e. The summed E-state index contributed by atoms with van der Waals surface area (Å²) in [5.41, 5.74) is 4.96. The minimum atomic E-state index is -0.218. The third kappa shape index (κ3) is 3.31. The van der Waals surface area contributed by atoms with E-state index >= 15 is 0 Å². The van der Waals surface area contributed by atoms with E-state index in [0.717, 1.165) is 17.0 Å². The SMILES string of the molecule is COc1ccc(/C=C2\N=C3SC(=Nc4ccc(Cl)cc4)NN3C2=O)cc1. The normalized spacial score (nSPS) is 18.9. The summed E-state index contributed by atoms with van der Waals surface area (Å²) in [5.74, 6) is 0.543. The molecule has 6 nitrogen and oxygen atoms in total. The van der Waals surface area contributed by atoms with Gasteiger partial charge in [0.25, 0.3) is 5.91 Å². The Morgan fingerprint density at radius 3 is 2.58 bits per heavy atom. The molecule has 1 saturated heterocycles. The summed E-state index contributed by atoms with van der Waals surface area (Å²) in [6.07, 6.45) is 1.74. The highest BCUT2D eigenvalue weighted by molar-refractivity contribution is 8.27. The molecule has 0 atom stereocenters. The molecular formula is C18H13ClN4O2S. The summed E-state index contributed by atoms with van der Waals surface area (Å²) in [6, 6.07) is 14.6. The molecule has 0 aromatic heterocycles. The number of halogens is 1. The van der Waals surface area contributed by atoms with Gasteiger partial charge in [0, 0.05) is 5.02 Å². The molecule has 0 radical (unpaired) electrons. The number of thioether (sulfide) groups is 1. The third-order valence-corrected chi connectivity index (χ3v) is 4.79. The second-order valence-electron chi connectivity index (χ2n) is 5.44. The van der Waals surface area contributed by atoms with E-state index in [1.54, 1.807) is 37.5 Å². The number of fused-ring (bicyclic) bond motifs is 1. The maximum Gasteiger partial charge on any atom is 0.297 e. The molecule has 2 aliphatic heterocycles. The highest BCUT2D eigenvalue weighted by atomic mass is 35.5. The van der Waals surface area contributed by atoms with Crippen molar-refractivity contribution in [2.24, 2.45) is 9.98 Å². The molecule has 26 heavy (non-hydrogen) atoms. The van der Waals surface area contributed by atoms with Gasteiger partial charge in [-0.1, -0.05) is 23.7 Å². The van der Waals surface area contributed by atoms with Crippen LogP contribution in [-0.2, 0) is 4.79 Å². The molecule has 0 unspecified atom stereocenters. The fourth-order valence-electron chi connectivity index (χ4n) is 2.41. The molecule has 1 amide bonds. The summed E-state index contributed by atoms with van der Waals surface area (Å²) >= 11 is 7.17. The highest BCUT2D eigenvalue weighted by Gasteiger charge is 2.37. The topological polar surface area (TPSA) is 66.3 Å². The van der Waals surface area contributed by atoms with Gasteiger partial charge in [-0.2, -0.15) is 5.01 Å². The first-order chi connectivity index (χ1) is 12.6. The molecule has 0 saturated carbocycles. The number of amides is 1. The zero-order chi connectivity index (χ0) is 18.1. The van der Waals surface area contributed by atoms with Crippen molar-refractivity contribution >= 4 is 51.4 Å². The van der Waals surface area contributed by atoms with Crippen LogP contribution in [0.2, 0.25) is 5.02 Å². The second-order valence-corrected chi connectivity index (χ2v) is 6.84. The van der Waals surface area contributed by atoms with Crippen LogP contribution in [0.3, 0.4) is 0 Å². The van der Waals surface area contributed by atoms with Crippen molar-refractivity contribution in [1.29, 1.82) is 0 Å². The molecular weight excluding hydrogens is 372 g/mol. The number of nitrogens with zero attached hydrogens (tertiary/aromatic N) is 3. The molecule has 8 heteroatoms. The Morgan fingerprint density at radius 1 is 1.19 bits per heavy atom. The summed E-state index contributed by atoms with van der Waals surface area (Å²) < 4.78 is 5.13. The van der Waals surface area contributed by atoms with Crippen LogP contribution < -0.4 is 10.2 Å². The largest absolute Gasteiger partial charge is 0.497 e. The Balaban J connectivity index is 1.54. The zero-order valence-corrected chi connectivity index (χ0v) is 15.2. The summed E-state index contributed by atoms with van der Waals surface area (Å²) in [4.78, 5) is 21.4. The van der Waals surface area contributed by atoms with Gasteiger partial charge < -0.3 is 4.74 Å². The molecule has 2 heterocycles. The van der Waals surface area contributed by atoms with Crippen LogP contribution in [0.1, 0.15) is 5.56 Å². The number of carbonyl (C=O) groups is 1. The number of ether oxygens (including phenoxy) is 1. The van der Waals surface area contributed by atoms with Gasteiger partial charge >= 0.3 is 0 Å². The number of carbonyl (C=O) groups excluding carboxylic acids is 1. The van der Waals surface area contributed by atoms with Gasteiger partial charge in [0.15, 0.2) is 10.3 Å². The average Bonchev–Trinajstić information content (AvgIpc) is 3.17. The molecule has 0 spiro atoms. The van der Waals surface area contributed by atoms with E-state index in [2.05, 4.69) is 15.4 Å². The first-order valence-electron chi connectivity index (χ1n) is 7.70.